The van der Waals surface area contributed by atoms with E-state index in [1.54, 1.807) is 17.1 Å². The average molecular weight is 563 g/mol. The number of piperazine rings is 1. The van der Waals surface area contributed by atoms with Crippen molar-refractivity contribution < 1.29 is 23.9 Å². The van der Waals surface area contributed by atoms with Crippen LogP contribution in [0.2, 0.25) is 0 Å². The quantitative estimate of drug-likeness (QED) is 0.283. The van der Waals surface area contributed by atoms with Crippen molar-refractivity contribution in [2.24, 2.45) is 0 Å². The highest BCUT2D eigenvalue weighted by molar-refractivity contribution is 5.86. The number of carbonyl (C=O) groups excluding carboxylic acids is 3. The van der Waals surface area contributed by atoms with E-state index in [0.29, 0.717) is 32.5 Å². The van der Waals surface area contributed by atoms with Crippen molar-refractivity contribution in [2.45, 2.75) is 57.9 Å². The molecule has 1 unspecified atom stereocenters. The van der Waals surface area contributed by atoms with Crippen molar-refractivity contribution >= 4 is 23.8 Å². The molecule has 2 N–H and O–H groups in total. The first-order valence-corrected chi connectivity index (χ1v) is 13.9. The third-order valence-corrected chi connectivity index (χ3v) is 6.49. The summed E-state index contributed by atoms with van der Waals surface area (Å²) < 4.78 is 11.0. The van der Waals surface area contributed by atoms with Gasteiger partial charge in [-0.1, -0.05) is 54.6 Å². The van der Waals surface area contributed by atoms with Crippen LogP contribution in [0.15, 0.2) is 79.9 Å². The number of anilines is 1. The van der Waals surface area contributed by atoms with Crippen molar-refractivity contribution in [1.29, 1.82) is 0 Å². The molecule has 0 radical (unpaired) electrons. The summed E-state index contributed by atoms with van der Waals surface area (Å²) in [5, 5.41) is 5.89. The molecule has 3 amide bonds. The fourth-order valence-electron chi connectivity index (χ4n) is 4.50. The summed E-state index contributed by atoms with van der Waals surface area (Å²) in [6.45, 7) is 14.6. The number of nitrogens with one attached hydrogen (secondary N) is 2. The second kappa shape index (κ2) is 14.9. The summed E-state index contributed by atoms with van der Waals surface area (Å²) in [5.74, 6) is -0.184. The molecule has 0 aromatic heterocycles. The van der Waals surface area contributed by atoms with E-state index >= 15 is 0 Å². The van der Waals surface area contributed by atoms with Crippen LogP contribution >= 0.6 is 0 Å². The molecule has 1 aliphatic rings. The molecular weight excluding hydrogens is 520 g/mol. The van der Waals surface area contributed by atoms with Gasteiger partial charge in [0.1, 0.15) is 18.2 Å². The fourth-order valence-corrected chi connectivity index (χ4v) is 4.50. The maximum absolute atomic E-state index is 13.3. The van der Waals surface area contributed by atoms with Gasteiger partial charge in [-0.05, 0) is 56.9 Å². The normalized spacial score (nSPS) is 15.8. The largest absolute Gasteiger partial charge is 0.445 e. The van der Waals surface area contributed by atoms with E-state index in [4.69, 9.17) is 9.47 Å². The molecule has 220 valence electrons. The summed E-state index contributed by atoms with van der Waals surface area (Å²) in [6.07, 6.45) is 3.63. The van der Waals surface area contributed by atoms with Gasteiger partial charge in [0.15, 0.2) is 0 Å². The van der Waals surface area contributed by atoms with E-state index in [1.165, 1.54) is 0 Å². The van der Waals surface area contributed by atoms with Crippen molar-refractivity contribution in [2.75, 3.05) is 31.1 Å². The number of hydrogen-bond acceptors (Lipinski definition) is 6. The van der Waals surface area contributed by atoms with Gasteiger partial charge in [0, 0.05) is 25.3 Å². The van der Waals surface area contributed by atoms with Gasteiger partial charge in [-0.2, -0.15) is 0 Å². The van der Waals surface area contributed by atoms with Gasteiger partial charge in [-0.25, -0.2) is 9.59 Å². The van der Waals surface area contributed by atoms with Crippen LogP contribution in [0.4, 0.5) is 15.3 Å². The Morgan fingerprint density at radius 3 is 2.49 bits per heavy atom. The lowest BCUT2D eigenvalue weighted by atomic mass is 10.0. The molecule has 1 aliphatic heterocycles. The molecular formula is C32H42N4O5. The number of carbonyl (C=O) groups is 3. The number of rotatable bonds is 11. The lowest BCUT2D eigenvalue weighted by Crippen LogP contribution is -2.60. The molecule has 9 heteroatoms. The van der Waals surface area contributed by atoms with Gasteiger partial charge in [0.2, 0.25) is 5.91 Å². The number of benzene rings is 2. The molecule has 2 atom stereocenters. The van der Waals surface area contributed by atoms with Gasteiger partial charge in [-0.15, -0.1) is 13.2 Å². The highest BCUT2D eigenvalue weighted by Gasteiger charge is 2.36. The Balaban J connectivity index is 1.78. The summed E-state index contributed by atoms with van der Waals surface area (Å²) >= 11 is 0. The SMILES string of the molecule is C=CCCNC(=O)[C@@H]1CN(C(=O)OC(C)(C)C)CCN1c1cccc(C(CC=C)NC(=O)OCc2ccccc2)c1. The lowest BCUT2D eigenvalue weighted by molar-refractivity contribution is -0.123. The van der Waals surface area contributed by atoms with E-state index in [-0.39, 0.29) is 25.1 Å². The molecule has 0 spiro atoms. The topological polar surface area (TPSA) is 100 Å². The second-order valence-corrected chi connectivity index (χ2v) is 10.9. The first-order chi connectivity index (χ1) is 19.6. The molecule has 9 nitrogen and oxygen atoms in total. The predicted octanol–water partition coefficient (Wildman–Crippen LogP) is 5.35. The van der Waals surface area contributed by atoms with Crippen LogP contribution in [0.5, 0.6) is 0 Å². The first-order valence-electron chi connectivity index (χ1n) is 13.9. The van der Waals surface area contributed by atoms with Crippen molar-refractivity contribution in [3.05, 3.63) is 91.0 Å². The van der Waals surface area contributed by atoms with Gasteiger partial charge < -0.3 is 29.9 Å². The lowest BCUT2D eigenvalue weighted by Gasteiger charge is -2.42. The Bertz CT molecular complexity index is 1190. The second-order valence-electron chi connectivity index (χ2n) is 10.9. The van der Waals surface area contributed by atoms with Crippen LogP contribution in [-0.4, -0.2) is 60.8 Å². The maximum atomic E-state index is 13.3. The zero-order chi connectivity index (χ0) is 29.8. The summed E-state index contributed by atoms with van der Waals surface area (Å²) in [6, 6.07) is 16.2. The number of alkyl carbamates (subject to hydrolysis) is 1. The van der Waals surface area contributed by atoms with Crippen LogP contribution in [0.3, 0.4) is 0 Å². The minimum Gasteiger partial charge on any atom is -0.445 e. The first kappa shape index (κ1) is 31.3. The van der Waals surface area contributed by atoms with E-state index in [9.17, 15) is 14.4 Å². The molecule has 0 aliphatic carbocycles. The Kier molecular flexibility index (Phi) is 11.4. The third kappa shape index (κ3) is 9.70. The van der Waals surface area contributed by atoms with E-state index in [1.807, 2.05) is 80.3 Å². The van der Waals surface area contributed by atoms with E-state index in [2.05, 4.69) is 23.8 Å². The Morgan fingerprint density at radius 2 is 1.80 bits per heavy atom. The highest BCUT2D eigenvalue weighted by atomic mass is 16.6. The predicted molar refractivity (Wildman–Crippen MR) is 161 cm³/mol. The van der Waals surface area contributed by atoms with E-state index < -0.39 is 23.8 Å². The molecule has 1 fully saturated rings. The fraction of sp³-hybridized carbons (Fsp3) is 0.406. The summed E-state index contributed by atoms with van der Waals surface area (Å²) in [5.41, 5.74) is 1.91. The van der Waals surface area contributed by atoms with Crippen LogP contribution in [0.1, 0.15) is 50.8 Å². The maximum Gasteiger partial charge on any atom is 0.410 e. The zero-order valence-electron chi connectivity index (χ0n) is 24.3. The third-order valence-electron chi connectivity index (χ3n) is 6.49. The summed E-state index contributed by atoms with van der Waals surface area (Å²) in [4.78, 5) is 42.3. The number of hydrogen-bond donors (Lipinski definition) is 2. The Hall–Kier alpha value is -4.27. The van der Waals surface area contributed by atoms with E-state index in [0.717, 1.165) is 16.8 Å². The Morgan fingerprint density at radius 1 is 1.05 bits per heavy atom. The van der Waals surface area contributed by atoms with Crippen LogP contribution in [0, 0.1) is 0 Å². The van der Waals surface area contributed by atoms with Gasteiger partial charge >= 0.3 is 12.2 Å². The van der Waals surface area contributed by atoms with Gasteiger partial charge in [0.05, 0.1) is 12.6 Å². The minimum absolute atomic E-state index is 0.165. The standard InChI is InChI=1S/C32H42N4O5/c1-6-8-18-33-29(37)28-22-35(31(39)41-32(3,4)5)19-20-36(28)26-17-12-16-25(21-26)27(13-7-2)34-30(38)40-23-24-14-10-9-11-15-24/h6-7,9-12,14-17,21,27-28H,1-2,8,13,18-20,22-23H2,3-5H3,(H,33,37)(H,34,38)/t27?,28-/m0/s1. The van der Waals surface area contributed by atoms with Crippen LogP contribution in [-0.2, 0) is 20.9 Å². The molecule has 1 saturated heterocycles. The number of nitrogens with zero attached hydrogens (tertiary/aromatic N) is 2. The van der Waals surface area contributed by atoms with Crippen molar-refractivity contribution in [3.8, 4) is 0 Å². The monoisotopic (exact) mass is 562 g/mol. The van der Waals surface area contributed by atoms with Crippen molar-refractivity contribution in [1.82, 2.24) is 15.5 Å². The minimum atomic E-state index is -0.639. The molecule has 1 heterocycles. The average Bonchev–Trinajstić information content (AvgIpc) is 2.95. The number of amides is 3. The molecule has 2 aromatic carbocycles. The molecule has 0 bridgehead atoms. The summed E-state index contributed by atoms with van der Waals surface area (Å²) in [7, 11) is 0. The zero-order valence-corrected chi connectivity index (χ0v) is 24.3. The van der Waals surface area contributed by atoms with Crippen LogP contribution in [0.25, 0.3) is 0 Å². The molecule has 3 rings (SSSR count). The molecule has 2 aromatic rings. The van der Waals surface area contributed by atoms with Gasteiger partial charge in [-0.3, -0.25) is 4.79 Å². The van der Waals surface area contributed by atoms with Crippen molar-refractivity contribution in [3.63, 3.8) is 0 Å². The number of ether oxygens (including phenoxy) is 2. The smallest absolute Gasteiger partial charge is 0.410 e. The van der Waals surface area contributed by atoms with Gasteiger partial charge in [0.25, 0.3) is 0 Å². The Labute approximate surface area is 243 Å². The highest BCUT2D eigenvalue weighted by Crippen LogP contribution is 2.27. The van der Waals surface area contributed by atoms with Crippen LogP contribution < -0.4 is 15.5 Å². The molecule has 0 saturated carbocycles. The molecule has 41 heavy (non-hydrogen) atoms.